The van der Waals surface area contributed by atoms with Crippen LogP contribution in [0.3, 0.4) is 0 Å². The van der Waals surface area contributed by atoms with Crippen molar-refractivity contribution in [1.82, 2.24) is 24.7 Å². The van der Waals surface area contributed by atoms with E-state index in [-0.39, 0.29) is 28.6 Å². The summed E-state index contributed by atoms with van der Waals surface area (Å²) in [6.07, 6.45) is 1.30. The lowest BCUT2D eigenvalue weighted by molar-refractivity contribution is 0.0958. The predicted octanol–water partition coefficient (Wildman–Crippen LogP) is 2.65. The third-order valence-electron chi connectivity index (χ3n) is 5.93. The highest BCUT2D eigenvalue weighted by Gasteiger charge is 2.24. The van der Waals surface area contributed by atoms with Crippen LogP contribution in [0.25, 0.3) is 27.6 Å². The van der Waals surface area contributed by atoms with Crippen LogP contribution in [-0.2, 0) is 0 Å². The normalized spacial score (nSPS) is 15.0. The van der Waals surface area contributed by atoms with Crippen molar-refractivity contribution in [3.63, 3.8) is 0 Å². The molecule has 0 fully saturated rings. The van der Waals surface area contributed by atoms with Crippen LogP contribution in [0.1, 0.15) is 0 Å². The van der Waals surface area contributed by atoms with Crippen molar-refractivity contribution in [2.45, 2.75) is 6.10 Å². The maximum atomic E-state index is 14.8. The number of fused-ring (bicyclic) bond motifs is 4. The quantitative estimate of drug-likeness (QED) is 0.408. The van der Waals surface area contributed by atoms with Gasteiger partial charge in [0.25, 0.3) is 5.56 Å². The number of H-pyrrole nitrogens is 1. The maximum Gasteiger partial charge on any atom is 0.270 e. The van der Waals surface area contributed by atoms with Gasteiger partial charge in [-0.2, -0.15) is 10.1 Å². The number of ether oxygens (including phenoxy) is 2. The number of anilines is 2. The van der Waals surface area contributed by atoms with Gasteiger partial charge in [-0.1, -0.05) is 24.3 Å². The summed E-state index contributed by atoms with van der Waals surface area (Å²) in [6, 6.07) is 13.5. The summed E-state index contributed by atoms with van der Waals surface area (Å²) in [4.78, 5) is 24.4. The Labute approximate surface area is 197 Å². The van der Waals surface area contributed by atoms with Crippen molar-refractivity contribution < 1.29 is 13.9 Å². The van der Waals surface area contributed by atoms with E-state index in [1.807, 2.05) is 31.3 Å². The van der Waals surface area contributed by atoms with Crippen LogP contribution in [0.2, 0.25) is 0 Å². The number of nitrogens with one attached hydrogen (secondary N) is 1. The highest BCUT2D eigenvalue weighted by Crippen LogP contribution is 2.31. The van der Waals surface area contributed by atoms with E-state index in [0.29, 0.717) is 41.5 Å². The second kappa shape index (κ2) is 7.97. The Hall–Kier alpha value is -4.67. The summed E-state index contributed by atoms with van der Waals surface area (Å²) in [5.74, 6) is 1.15. The topological polar surface area (TPSA) is 124 Å². The van der Waals surface area contributed by atoms with E-state index >= 15 is 0 Å². The lowest BCUT2D eigenvalue weighted by Gasteiger charge is -2.29. The number of likely N-dealkylation sites (N-methyl/N-ethyl adjacent to an activating group) is 1. The summed E-state index contributed by atoms with van der Waals surface area (Å²) in [5.41, 5.74) is 6.08. The summed E-state index contributed by atoms with van der Waals surface area (Å²) < 4.78 is 27.8. The van der Waals surface area contributed by atoms with E-state index in [4.69, 9.17) is 15.2 Å². The van der Waals surface area contributed by atoms with Crippen LogP contribution >= 0.6 is 0 Å². The standard InChI is InChI=1S/C24H20FN7O3/c1-31(11-13-12-34-17-8-4-5-9-18(17)35-13)24-27-10-14-20-19(21(26)30-29-20)23(33)32(22(14)28-24)16-7-3-2-6-15(16)25/h2-10,13H,11-12H2,1H3,(H3,26,29,30)/t13-/m0/s1. The highest BCUT2D eigenvalue weighted by molar-refractivity contribution is 6.05. The molecule has 0 unspecified atom stereocenters. The average Bonchev–Trinajstić information content (AvgIpc) is 3.26. The van der Waals surface area contributed by atoms with E-state index < -0.39 is 11.4 Å². The molecule has 0 bridgehead atoms. The summed E-state index contributed by atoms with van der Waals surface area (Å²) in [6.45, 7) is 0.784. The number of rotatable bonds is 4. The molecular formula is C24H20FN7O3. The molecule has 35 heavy (non-hydrogen) atoms. The van der Waals surface area contributed by atoms with E-state index in [9.17, 15) is 9.18 Å². The summed E-state index contributed by atoms with van der Waals surface area (Å²) in [7, 11) is 1.81. The first kappa shape index (κ1) is 20.9. The summed E-state index contributed by atoms with van der Waals surface area (Å²) >= 11 is 0. The Balaban J connectivity index is 1.45. The monoisotopic (exact) mass is 473 g/mol. The van der Waals surface area contributed by atoms with Crippen LogP contribution in [0.4, 0.5) is 16.2 Å². The minimum atomic E-state index is -0.572. The fourth-order valence-electron chi connectivity index (χ4n) is 4.27. The van der Waals surface area contributed by atoms with Gasteiger partial charge in [0, 0.05) is 13.2 Å². The van der Waals surface area contributed by atoms with Gasteiger partial charge in [-0.3, -0.25) is 14.5 Å². The molecule has 4 heterocycles. The molecule has 3 aromatic heterocycles. The van der Waals surface area contributed by atoms with Crippen molar-refractivity contribution in [3.05, 3.63) is 70.9 Å². The Morgan fingerprint density at radius 1 is 1.20 bits per heavy atom. The Bertz CT molecular complexity index is 1650. The highest BCUT2D eigenvalue weighted by atomic mass is 19.1. The third-order valence-corrected chi connectivity index (χ3v) is 5.93. The van der Waals surface area contributed by atoms with Crippen LogP contribution in [0.15, 0.2) is 59.5 Å². The molecule has 5 aromatic rings. The van der Waals surface area contributed by atoms with Crippen LogP contribution in [-0.4, -0.2) is 51.0 Å². The fraction of sp³-hybridized carbons (Fsp3) is 0.167. The van der Waals surface area contributed by atoms with E-state index in [1.165, 1.54) is 16.7 Å². The van der Waals surface area contributed by atoms with Crippen molar-refractivity contribution in [2.75, 3.05) is 30.8 Å². The molecule has 0 spiro atoms. The molecule has 0 radical (unpaired) electrons. The van der Waals surface area contributed by atoms with Gasteiger partial charge in [-0.05, 0) is 24.3 Å². The van der Waals surface area contributed by atoms with E-state index in [0.717, 1.165) is 0 Å². The zero-order chi connectivity index (χ0) is 24.1. The molecule has 1 aliphatic heterocycles. The Morgan fingerprint density at radius 2 is 1.97 bits per heavy atom. The molecule has 0 amide bonds. The number of hydrogen-bond donors (Lipinski definition) is 2. The van der Waals surface area contributed by atoms with Crippen LogP contribution < -0.4 is 25.7 Å². The van der Waals surface area contributed by atoms with Gasteiger partial charge < -0.3 is 20.1 Å². The number of hydrogen-bond acceptors (Lipinski definition) is 8. The molecular weight excluding hydrogens is 453 g/mol. The predicted molar refractivity (Wildman–Crippen MR) is 129 cm³/mol. The number of aromatic amines is 1. The second-order valence-electron chi connectivity index (χ2n) is 8.24. The lowest BCUT2D eigenvalue weighted by atomic mass is 10.2. The number of halogens is 1. The summed E-state index contributed by atoms with van der Waals surface area (Å²) in [5, 5.41) is 7.37. The molecule has 0 saturated carbocycles. The number of pyridine rings is 1. The van der Waals surface area contributed by atoms with Gasteiger partial charge in [0.15, 0.2) is 29.1 Å². The first-order chi connectivity index (χ1) is 17.0. The third kappa shape index (κ3) is 3.39. The van der Waals surface area contributed by atoms with Crippen LogP contribution in [0.5, 0.6) is 11.5 Å². The van der Waals surface area contributed by atoms with Gasteiger partial charge in [0.1, 0.15) is 17.8 Å². The minimum absolute atomic E-state index is 0.0212. The second-order valence-corrected chi connectivity index (χ2v) is 8.24. The molecule has 0 aliphatic carbocycles. The number of benzene rings is 2. The molecule has 6 rings (SSSR count). The zero-order valence-corrected chi connectivity index (χ0v) is 18.6. The van der Waals surface area contributed by atoms with Crippen molar-refractivity contribution in [1.29, 1.82) is 0 Å². The fourth-order valence-corrected chi connectivity index (χ4v) is 4.27. The molecule has 0 saturated heterocycles. The number of nitrogens with two attached hydrogens (primary N) is 1. The number of nitrogens with zero attached hydrogens (tertiary/aromatic N) is 5. The first-order valence-corrected chi connectivity index (χ1v) is 10.9. The van der Waals surface area contributed by atoms with Gasteiger partial charge in [0.2, 0.25) is 5.95 Å². The molecule has 10 nitrogen and oxygen atoms in total. The van der Waals surface area contributed by atoms with E-state index in [2.05, 4.69) is 20.2 Å². The largest absolute Gasteiger partial charge is 0.486 e. The lowest BCUT2D eigenvalue weighted by Crippen LogP contribution is -2.40. The number of nitrogen functional groups attached to an aromatic ring is 1. The van der Waals surface area contributed by atoms with Crippen molar-refractivity contribution in [2.24, 2.45) is 0 Å². The Kier molecular flexibility index (Phi) is 4.76. The van der Waals surface area contributed by atoms with E-state index in [1.54, 1.807) is 23.2 Å². The number of para-hydroxylation sites is 3. The molecule has 3 N–H and O–H groups in total. The number of aromatic nitrogens is 5. The average molecular weight is 473 g/mol. The van der Waals surface area contributed by atoms with Gasteiger partial charge in [-0.15, -0.1) is 0 Å². The molecule has 1 atom stereocenters. The molecule has 2 aromatic carbocycles. The van der Waals surface area contributed by atoms with Crippen molar-refractivity contribution in [3.8, 4) is 17.2 Å². The first-order valence-electron chi connectivity index (χ1n) is 10.9. The minimum Gasteiger partial charge on any atom is -0.486 e. The zero-order valence-electron chi connectivity index (χ0n) is 18.6. The van der Waals surface area contributed by atoms with Gasteiger partial charge in [-0.25, -0.2) is 9.37 Å². The van der Waals surface area contributed by atoms with Gasteiger partial charge in [0.05, 0.1) is 23.1 Å². The SMILES string of the molecule is CN(C[C@H]1COc2ccccc2O1)c1ncc2c3[nH]nc(N)c3c(=O)n(-c3ccccc3F)c2n1. The van der Waals surface area contributed by atoms with Crippen molar-refractivity contribution >= 4 is 33.7 Å². The Morgan fingerprint density at radius 3 is 2.80 bits per heavy atom. The molecule has 176 valence electrons. The van der Waals surface area contributed by atoms with Crippen LogP contribution in [0, 0.1) is 5.82 Å². The molecule has 1 aliphatic rings. The smallest absolute Gasteiger partial charge is 0.270 e. The molecule has 11 heteroatoms. The maximum absolute atomic E-state index is 14.8. The van der Waals surface area contributed by atoms with Gasteiger partial charge >= 0.3 is 0 Å².